The fraction of sp³-hybridized carbons (Fsp3) is 0.462. The molecule has 0 amide bonds. The van der Waals surface area contributed by atoms with Gasteiger partial charge in [-0.1, -0.05) is 21.1 Å². The van der Waals surface area contributed by atoms with Crippen molar-refractivity contribution < 1.29 is 10.3 Å². The van der Waals surface area contributed by atoms with Crippen LogP contribution in [-0.4, -0.2) is 34.8 Å². The van der Waals surface area contributed by atoms with Gasteiger partial charge in [0.1, 0.15) is 0 Å². The average molecular weight is 328 g/mol. The molecule has 0 aromatic heterocycles. The molecule has 2 rings (SSSR count). The second kappa shape index (κ2) is 5.38. The van der Waals surface area contributed by atoms with Crippen molar-refractivity contribution in [1.29, 1.82) is 0 Å². The normalized spacial score (nSPS) is 24.6. The quantitative estimate of drug-likeness (QED) is 0.335. The number of nitrogens with zero attached hydrogens (tertiary/aromatic N) is 2. The SMILES string of the molecule is CC1(O)CCCN(c2ccc(Br)cc2/C(N)=N/O)C1. The van der Waals surface area contributed by atoms with Gasteiger partial charge < -0.3 is 20.9 Å². The monoisotopic (exact) mass is 327 g/mol. The Bertz CT molecular complexity index is 503. The molecule has 1 saturated heterocycles. The van der Waals surface area contributed by atoms with Crippen molar-refractivity contribution in [2.75, 3.05) is 18.0 Å². The summed E-state index contributed by atoms with van der Waals surface area (Å²) in [7, 11) is 0. The van der Waals surface area contributed by atoms with Gasteiger partial charge in [0, 0.05) is 28.8 Å². The Balaban J connectivity index is 2.39. The number of aliphatic hydroxyl groups is 1. The Morgan fingerprint density at radius 3 is 2.89 bits per heavy atom. The number of hydrogen-bond acceptors (Lipinski definition) is 4. The van der Waals surface area contributed by atoms with Gasteiger partial charge in [-0.2, -0.15) is 0 Å². The molecule has 1 atom stereocenters. The Morgan fingerprint density at radius 1 is 1.53 bits per heavy atom. The summed E-state index contributed by atoms with van der Waals surface area (Å²) < 4.78 is 0.863. The Kier molecular flexibility index (Phi) is 4.01. The first kappa shape index (κ1) is 14.1. The highest BCUT2D eigenvalue weighted by molar-refractivity contribution is 9.10. The maximum atomic E-state index is 10.2. The van der Waals surface area contributed by atoms with E-state index in [1.807, 2.05) is 25.1 Å². The molecule has 0 radical (unpaired) electrons. The minimum absolute atomic E-state index is 0.0708. The highest BCUT2D eigenvalue weighted by Crippen LogP contribution is 2.30. The third kappa shape index (κ3) is 3.19. The largest absolute Gasteiger partial charge is 0.409 e. The van der Waals surface area contributed by atoms with Gasteiger partial charge >= 0.3 is 0 Å². The first-order valence-corrected chi connectivity index (χ1v) is 6.97. The number of nitrogens with two attached hydrogens (primary N) is 1. The molecule has 19 heavy (non-hydrogen) atoms. The van der Waals surface area contributed by atoms with Crippen LogP contribution in [0.5, 0.6) is 0 Å². The van der Waals surface area contributed by atoms with E-state index in [0.717, 1.165) is 29.5 Å². The van der Waals surface area contributed by atoms with E-state index in [1.165, 1.54) is 0 Å². The van der Waals surface area contributed by atoms with Crippen LogP contribution in [0.3, 0.4) is 0 Å². The molecule has 0 saturated carbocycles. The van der Waals surface area contributed by atoms with Crippen LogP contribution in [0.1, 0.15) is 25.3 Å². The van der Waals surface area contributed by atoms with Crippen molar-refractivity contribution in [2.24, 2.45) is 10.9 Å². The van der Waals surface area contributed by atoms with Crippen molar-refractivity contribution in [1.82, 2.24) is 0 Å². The van der Waals surface area contributed by atoms with Crippen molar-refractivity contribution in [3.8, 4) is 0 Å². The van der Waals surface area contributed by atoms with E-state index in [0.29, 0.717) is 12.1 Å². The van der Waals surface area contributed by atoms with Gasteiger partial charge in [0.25, 0.3) is 0 Å². The van der Waals surface area contributed by atoms with E-state index in [-0.39, 0.29) is 5.84 Å². The van der Waals surface area contributed by atoms with Gasteiger partial charge in [-0.05, 0) is 38.0 Å². The lowest BCUT2D eigenvalue weighted by Gasteiger charge is -2.39. The van der Waals surface area contributed by atoms with Gasteiger partial charge in [-0.25, -0.2) is 0 Å². The average Bonchev–Trinajstić information content (AvgIpc) is 2.36. The molecule has 1 aromatic carbocycles. The summed E-state index contributed by atoms with van der Waals surface area (Å²) in [5.74, 6) is 0.0708. The number of oxime groups is 1. The zero-order valence-electron chi connectivity index (χ0n) is 10.8. The lowest BCUT2D eigenvalue weighted by molar-refractivity contribution is 0.0449. The highest BCUT2D eigenvalue weighted by atomic mass is 79.9. The third-order valence-electron chi connectivity index (χ3n) is 3.36. The van der Waals surface area contributed by atoms with Gasteiger partial charge in [-0.3, -0.25) is 0 Å². The van der Waals surface area contributed by atoms with Gasteiger partial charge in [0.2, 0.25) is 0 Å². The topological polar surface area (TPSA) is 82.1 Å². The number of anilines is 1. The molecule has 1 aliphatic rings. The maximum Gasteiger partial charge on any atom is 0.172 e. The highest BCUT2D eigenvalue weighted by Gasteiger charge is 2.29. The molecule has 1 fully saturated rings. The number of hydrogen-bond donors (Lipinski definition) is 3. The van der Waals surface area contributed by atoms with Crippen LogP contribution < -0.4 is 10.6 Å². The molecule has 4 N–H and O–H groups in total. The standard InChI is InChI=1S/C13H18BrN3O2/c1-13(18)5-2-6-17(8-13)11-4-3-9(14)7-10(11)12(15)16-19/h3-4,7,18-19H,2,5-6,8H2,1H3,(H2,15,16). The van der Waals surface area contributed by atoms with E-state index >= 15 is 0 Å². The fourth-order valence-corrected chi connectivity index (χ4v) is 2.83. The number of benzene rings is 1. The molecular formula is C13H18BrN3O2. The first-order valence-electron chi connectivity index (χ1n) is 6.18. The van der Waals surface area contributed by atoms with Gasteiger partial charge in [0.05, 0.1) is 5.60 Å². The molecule has 1 aromatic rings. The molecular weight excluding hydrogens is 310 g/mol. The van der Waals surface area contributed by atoms with Crippen molar-refractivity contribution >= 4 is 27.5 Å². The predicted octanol–water partition coefficient (Wildman–Crippen LogP) is 1.89. The van der Waals surface area contributed by atoms with Crippen LogP contribution >= 0.6 is 15.9 Å². The molecule has 0 aliphatic carbocycles. The van der Waals surface area contributed by atoms with Crippen LogP contribution in [0.4, 0.5) is 5.69 Å². The molecule has 0 spiro atoms. The van der Waals surface area contributed by atoms with E-state index in [4.69, 9.17) is 10.9 Å². The molecule has 1 heterocycles. The van der Waals surface area contributed by atoms with E-state index in [2.05, 4.69) is 26.0 Å². The number of amidine groups is 1. The summed E-state index contributed by atoms with van der Waals surface area (Å²) in [6, 6.07) is 5.64. The van der Waals surface area contributed by atoms with Crippen molar-refractivity contribution in [2.45, 2.75) is 25.4 Å². The molecule has 104 valence electrons. The zero-order chi connectivity index (χ0) is 14.0. The fourth-order valence-electron chi connectivity index (χ4n) is 2.47. The van der Waals surface area contributed by atoms with Crippen LogP contribution in [0, 0.1) is 0 Å². The van der Waals surface area contributed by atoms with E-state index < -0.39 is 5.60 Å². The van der Waals surface area contributed by atoms with Crippen LogP contribution in [-0.2, 0) is 0 Å². The maximum absolute atomic E-state index is 10.2. The third-order valence-corrected chi connectivity index (χ3v) is 3.85. The van der Waals surface area contributed by atoms with Crippen LogP contribution in [0.15, 0.2) is 27.8 Å². The Labute approximate surface area is 120 Å². The smallest absolute Gasteiger partial charge is 0.172 e. The van der Waals surface area contributed by atoms with Crippen molar-refractivity contribution in [3.63, 3.8) is 0 Å². The summed E-state index contributed by atoms with van der Waals surface area (Å²) in [6.45, 7) is 3.23. The molecule has 5 nitrogen and oxygen atoms in total. The number of rotatable bonds is 2. The second-order valence-corrected chi connectivity index (χ2v) is 6.08. The minimum atomic E-state index is -0.701. The first-order chi connectivity index (χ1) is 8.93. The zero-order valence-corrected chi connectivity index (χ0v) is 12.4. The summed E-state index contributed by atoms with van der Waals surface area (Å²) in [5, 5.41) is 22.1. The van der Waals surface area contributed by atoms with E-state index in [1.54, 1.807) is 0 Å². The Hall–Kier alpha value is -1.27. The van der Waals surface area contributed by atoms with Crippen LogP contribution in [0.2, 0.25) is 0 Å². The van der Waals surface area contributed by atoms with Gasteiger partial charge in [0.15, 0.2) is 5.84 Å². The lowest BCUT2D eigenvalue weighted by Crippen LogP contribution is -2.46. The Morgan fingerprint density at radius 2 is 2.26 bits per heavy atom. The number of piperidine rings is 1. The summed E-state index contributed by atoms with van der Waals surface area (Å²) in [4.78, 5) is 2.07. The second-order valence-electron chi connectivity index (χ2n) is 5.17. The van der Waals surface area contributed by atoms with Crippen LogP contribution in [0.25, 0.3) is 0 Å². The summed E-state index contributed by atoms with van der Waals surface area (Å²) in [6.07, 6.45) is 1.71. The molecule has 1 unspecified atom stereocenters. The molecule has 6 heteroatoms. The summed E-state index contributed by atoms with van der Waals surface area (Å²) >= 11 is 3.38. The lowest BCUT2D eigenvalue weighted by atomic mass is 9.94. The minimum Gasteiger partial charge on any atom is -0.409 e. The molecule has 0 bridgehead atoms. The molecule has 1 aliphatic heterocycles. The summed E-state index contributed by atoms with van der Waals surface area (Å²) in [5.41, 5.74) is 6.56. The van der Waals surface area contributed by atoms with Gasteiger partial charge in [-0.15, -0.1) is 0 Å². The number of β-amino-alcohol motifs (C(OH)–C–C–N with tert-alkyl or cyclic N) is 1. The van der Waals surface area contributed by atoms with E-state index in [9.17, 15) is 5.11 Å². The van der Waals surface area contributed by atoms with Crippen molar-refractivity contribution in [3.05, 3.63) is 28.2 Å². The predicted molar refractivity (Wildman–Crippen MR) is 78.7 cm³/mol. The number of halogens is 1.